The molecular formula is C22H24FN3O2. The molecule has 0 aliphatic carbocycles. The molecule has 2 heterocycles. The zero-order valence-electron chi connectivity index (χ0n) is 16.0. The normalized spacial score (nSPS) is 20.0. The second-order valence-electron chi connectivity index (χ2n) is 7.46. The summed E-state index contributed by atoms with van der Waals surface area (Å²) in [6, 6.07) is 14.5. The second-order valence-corrected chi connectivity index (χ2v) is 7.46. The van der Waals surface area contributed by atoms with Crippen molar-refractivity contribution in [3.8, 4) is 0 Å². The quantitative estimate of drug-likeness (QED) is 0.821. The third-order valence-corrected chi connectivity index (χ3v) is 5.67. The van der Waals surface area contributed by atoms with Gasteiger partial charge in [0.15, 0.2) is 0 Å². The number of para-hydroxylation sites is 2. The standard InChI is InChI=1S/C22H24FN3O2/c1-16-6-2-4-8-19(16)26-15-17(14-21(26)27)22(28)25-12-10-24(11-13-25)20-9-5-3-7-18(20)23/h2-9,17H,10-15H2,1H3/t17-/m1/s1. The summed E-state index contributed by atoms with van der Waals surface area (Å²) in [4.78, 5) is 31.0. The Morgan fingerprint density at radius 1 is 0.964 bits per heavy atom. The zero-order chi connectivity index (χ0) is 19.7. The maximum atomic E-state index is 14.0. The molecule has 4 rings (SSSR count). The minimum Gasteiger partial charge on any atom is -0.366 e. The van der Waals surface area contributed by atoms with E-state index in [1.54, 1.807) is 17.0 Å². The predicted octanol–water partition coefficient (Wildman–Crippen LogP) is 2.84. The highest BCUT2D eigenvalue weighted by atomic mass is 19.1. The molecule has 0 N–H and O–H groups in total. The number of carbonyl (C=O) groups excluding carboxylic acids is 2. The molecule has 0 unspecified atom stereocenters. The van der Waals surface area contributed by atoms with Gasteiger partial charge in [0.2, 0.25) is 11.8 Å². The van der Waals surface area contributed by atoms with Gasteiger partial charge in [-0.05, 0) is 30.7 Å². The lowest BCUT2D eigenvalue weighted by molar-refractivity contribution is -0.136. The van der Waals surface area contributed by atoms with Crippen LogP contribution in [0.2, 0.25) is 0 Å². The highest BCUT2D eigenvalue weighted by Crippen LogP contribution is 2.29. The van der Waals surface area contributed by atoms with Crippen molar-refractivity contribution in [3.63, 3.8) is 0 Å². The number of amides is 2. The first-order chi connectivity index (χ1) is 13.5. The third kappa shape index (κ3) is 3.46. The monoisotopic (exact) mass is 381 g/mol. The maximum Gasteiger partial charge on any atom is 0.228 e. The van der Waals surface area contributed by atoms with Crippen LogP contribution in [0.5, 0.6) is 0 Å². The number of carbonyl (C=O) groups is 2. The number of hydrogen-bond acceptors (Lipinski definition) is 3. The van der Waals surface area contributed by atoms with Crippen molar-refractivity contribution < 1.29 is 14.0 Å². The molecule has 2 saturated heterocycles. The summed E-state index contributed by atoms with van der Waals surface area (Å²) >= 11 is 0. The van der Waals surface area contributed by atoms with Crippen LogP contribution in [0.1, 0.15) is 12.0 Å². The number of rotatable bonds is 3. The average Bonchev–Trinajstić information content (AvgIpc) is 3.10. The summed E-state index contributed by atoms with van der Waals surface area (Å²) in [5, 5.41) is 0. The van der Waals surface area contributed by atoms with E-state index in [9.17, 15) is 14.0 Å². The van der Waals surface area contributed by atoms with Gasteiger partial charge in [-0.15, -0.1) is 0 Å². The first kappa shape index (κ1) is 18.5. The molecule has 2 aliphatic rings. The molecule has 6 heteroatoms. The molecule has 5 nitrogen and oxygen atoms in total. The highest BCUT2D eigenvalue weighted by molar-refractivity contribution is 6.00. The van der Waals surface area contributed by atoms with E-state index in [4.69, 9.17) is 0 Å². The summed E-state index contributed by atoms with van der Waals surface area (Å²) in [6.07, 6.45) is 0.251. The fraction of sp³-hybridized carbons (Fsp3) is 0.364. The summed E-state index contributed by atoms with van der Waals surface area (Å²) in [5.74, 6) is -0.528. The largest absolute Gasteiger partial charge is 0.366 e. The highest BCUT2D eigenvalue weighted by Gasteiger charge is 2.38. The lowest BCUT2D eigenvalue weighted by Gasteiger charge is -2.37. The Kier molecular flexibility index (Phi) is 5.03. The molecule has 0 radical (unpaired) electrons. The Morgan fingerprint density at radius 3 is 2.29 bits per heavy atom. The lowest BCUT2D eigenvalue weighted by Crippen LogP contribution is -2.51. The van der Waals surface area contributed by atoms with Gasteiger partial charge in [0.1, 0.15) is 5.82 Å². The van der Waals surface area contributed by atoms with Crippen molar-refractivity contribution in [2.24, 2.45) is 5.92 Å². The number of benzene rings is 2. The Labute approximate surface area is 164 Å². The van der Waals surface area contributed by atoms with Crippen LogP contribution < -0.4 is 9.80 Å². The second kappa shape index (κ2) is 7.62. The van der Waals surface area contributed by atoms with Crippen LogP contribution in [0.25, 0.3) is 0 Å². The molecule has 0 spiro atoms. The van der Waals surface area contributed by atoms with Gasteiger partial charge >= 0.3 is 0 Å². The van der Waals surface area contributed by atoms with Gasteiger partial charge in [-0.1, -0.05) is 30.3 Å². The number of piperazine rings is 1. The van der Waals surface area contributed by atoms with Crippen LogP contribution in [0.3, 0.4) is 0 Å². The summed E-state index contributed by atoms with van der Waals surface area (Å²) in [5.41, 5.74) is 2.49. The molecule has 2 aliphatic heterocycles. The van der Waals surface area contributed by atoms with Gasteiger partial charge in [0, 0.05) is 44.8 Å². The first-order valence-corrected chi connectivity index (χ1v) is 9.69. The number of hydrogen-bond donors (Lipinski definition) is 0. The Morgan fingerprint density at radius 2 is 1.61 bits per heavy atom. The summed E-state index contributed by atoms with van der Waals surface area (Å²) < 4.78 is 14.0. The molecule has 28 heavy (non-hydrogen) atoms. The van der Waals surface area contributed by atoms with E-state index in [2.05, 4.69) is 0 Å². The van der Waals surface area contributed by atoms with E-state index in [0.29, 0.717) is 38.4 Å². The molecule has 2 fully saturated rings. The van der Waals surface area contributed by atoms with Crippen molar-refractivity contribution in [2.45, 2.75) is 13.3 Å². The number of nitrogens with zero attached hydrogens (tertiary/aromatic N) is 3. The van der Waals surface area contributed by atoms with E-state index in [0.717, 1.165) is 11.3 Å². The van der Waals surface area contributed by atoms with Gasteiger partial charge in [-0.2, -0.15) is 0 Å². The van der Waals surface area contributed by atoms with E-state index in [1.165, 1.54) is 6.07 Å². The van der Waals surface area contributed by atoms with E-state index < -0.39 is 0 Å². The third-order valence-electron chi connectivity index (χ3n) is 5.67. The fourth-order valence-corrected chi connectivity index (χ4v) is 4.11. The molecule has 0 bridgehead atoms. The number of aryl methyl sites for hydroxylation is 1. The Hall–Kier alpha value is -2.89. The SMILES string of the molecule is Cc1ccccc1N1C[C@H](C(=O)N2CCN(c3ccccc3F)CC2)CC1=O. The van der Waals surface area contributed by atoms with Crippen LogP contribution in [-0.4, -0.2) is 49.4 Å². The fourth-order valence-electron chi connectivity index (χ4n) is 4.11. The molecular weight excluding hydrogens is 357 g/mol. The predicted molar refractivity (Wildman–Crippen MR) is 107 cm³/mol. The molecule has 2 aromatic rings. The molecule has 0 aromatic heterocycles. The lowest BCUT2D eigenvalue weighted by atomic mass is 10.1. The Bertz CT molecular complexity index is 893. The molecule has 0 saturated carbocycles. The van der Waals surface area contributed by atoms with E-state index in [1.807, 2.05) is 47.1 Å². The van der Waals surface area contributed by atoms with Gasteiger partial charge in [0.25, 0.3) is 0 Å². The van der Waals surface area contributed by atoms with E-state index >= 15 is 0 Å². The molecule has 1 atom stereocenters. The minimum atomic E-state index is -0.313. The molecule has 2 amide bonds. The minimum absolute atomic E-state index is 0.00218. The van der Waals surface area contributed by atoms with Gasteiger partial charge in [-0.25, -0.2) is 4.39 Å². The first-order valence-electron chi connectivity index (χ1n) is 9.69. The Balaban J connectivity index is 1.39. The van der Waals surface area contributed by atoms with Crippen LogP contribution in [0.4, 0.5) is 15.8 Å². The number of anilines is 2. The van der Waals surface area contributed by atoms with Crippen LogP contribution >= 0.6 is 0 Å². The van der Waals surface area contributed by atoms with Gasteiger partial charge in [-0.3, -0.25) is 9.59 Å². The smallest absolute Gasteiger partial charge is 0.228 e. The van der Waals surface area contributed by atoms with E-state index in [-0.39, 0.29) is 30.0 Å². The average molecular weight is 381 g/mol. The number of halogens is 1. The van der Waals surface area contributed by atoms with Gasteiger partial charge < -0.3 is 14.7 Å². The van der Waals surface area contributed by atoms with Crippen LogP contribution in [0, 0.1) is 18.7 Å². The van der Waals surface area contributed by atoms with Crippen molar-refractivity contribution in [1.29, 1.82) is 0 Å². The maximum absolute atomic E-state index is 14.0. The van der Waals surface area contributed by atoms with Crippen molar-refractivity contribution in [1.82, 2.24) is 4.90 Å². The van der Waals surface area contributed by atoms with Gasteiger partial charge in [0.05, 0.1) is 11.6 Å². The molecule has 146 valence electrons. The van der Waals surface area contributed by atoms with Crippen LogP contribution in [0.15, 0.2) is 48.5 Å². The topological polar surface area (TPSA) is 43.9 Å². The van der Waals surface area contributed by atoms with Crippen molar-refractivity contribution >= 4 is 23.2 Å². The van der Waals surface area contributed by atoms with Crippen molar-refractivity contribution in [3.05, 3.63) is 59.9 Å². The van der Waals surface area contributed by atoms with Crippen LogP contribution in [-0.2, 0) is 9.59 Å². The van der Waals surface area contributed by atoms with Crippen molar-refractivity contribution in [2.75, 3.05) is 42.5 Å². The zero-order valence-corrected chi connectivity index (χ0v) is 16.0. The summed E-state index contributed by atoms with van der Waals surface area (Å²) in [6.45, 7) is 4.67. The summed E-state index contributed by atoms with van der Waals surface area (Å²) in [7, 11) is 0. The molecule has 2 aromatic carbocycles.